The van der Waals surface area contributed by atoms with E-state index in [0.29, 0.717) is 16.4 Å². The van der Waals surface area contributed by atoms with E-state index in [1.807, 2.05) is 6.07 Å². The van der Waals surface area contributed by atoms with Crippen LogP contribution in [-0.2, 0) is 0 Å². The molecule has 0 radical (unpaired) electrons. The highest BCUT2D eigenvalue weighted by molar-refractivity contribution is 6.33. The van der Waals surface area contributed by atoms with Gasteiger partial charge in [-0.1, -0.05) is 35.9 Å². The number of amides is 1. The van der Waals surface area contributed by atoms with Crippen molar-refractivity contribution in [1.29, 1.82) is 0 Å². The van der Waals surface area contributed by atoms with Crippen molar-refractivity contribution < 1.29 is 9.18 Å². The molecule has 0 fully saturated rings. The van der Waals surface area contributed by atoms with Gasteiger partial charge < -0.3 is 10.6 Å². The predicted octanol–water partition coefficient (Wildman–Crippen LogP) is 4.57. The first-order valence-electron chi connectivity index (χ1n) is 7.46. The molecule has 7 heteroatoms. The molecule has 2 N–H and O–H groups in total. The molecule has 0 unspecified atom stereocenters. The average Bonchev–Trinajstić information content (AvgIpc) is 2.58. The lowest BCUT2D eigenvalue weighted by Crippen LogP contribution is -2.16. The number of aromatic nitrogens is 2. The van der Waals surface area contributed by atoms with Crippen LogP contribution in [-0.4, -0.2) is 15.9 Å². The number of nitrogens with zero attached hydrogens (tertiary/aromatic N) is 2. The summed E-state index contributed by atoms with van der Waals surface area (Å²) in [6, 6.07) is 14.6. The quantitative estimate of drug-likeness (QED) is 0.718. The first-order chi connectivity index (χ1) is 12.0. The van der Waals surface area contributed by atoms with Crippen molar-refractivity contribution >= 4 is 34.8 Å². The fraction of sp³-hybridized carbons (Fsp3) is 0.0556. The molecule has 0 saturated carbocycles. The third kappa shape index (κ3) is 4.10. The van der Waals surface area contributed by atoms with Gasteiger partial charge in [-0.15, -0.1) is 0 Å². The van der Waals surface area contributed by atoms with E-state index in [0.717, 1.165) is 0 Å². The van der Waals surface area contributed by atoms with Gasteiger partial charge >= 0.3 is 0 Å². The molecule has 0 aliphatic rings. The minimum absolute atomic E-state index is 0.0874. The zero-order valence-electron chi connectivity index (χ0n) is 13.3. The molecule has 0 aliphatic heterocycles. The molecular formula is C18H14ClFN4O. The number of carbonyl (C=O) groups is 1. The highest BCUT2D eigenvalue weighted by atomic mass is 35.5. The zero-order chi connectivity index (χ0) is 17.8. The number of anilines is 3. The SMILES string of the molecule is Cc1cc(C(=O)Nc2ccccc2F)nc(Nc2ccccc2Cl)n1. The van der Waals surface area contributed by atoms with Crippen LogP contribution in [0, 0.1) is 12.7 Å². The van der Waals surface area contributed by atoms with Crippen molar-refractivity contribution in [3.63, 3.8) is 0 Å². The van der Waals surface area contributed by atoms with E-state index in [9.17, 15) is 9.18 Å². The Bertz CT molecular complexity index is 932. The monoisotopic (exact) mass is 356 g/mol. The van der Waals surface area contributed by atoms with Crippen molar-refractivity contribution in [2.75, 3.05) is 10.6 Å². The zero-order valence-corrected chi connectivity index (χ0v) is 14.0. The van der Waals surface area contributed by atoms with E-state index in [1.165, 1.54) is 18.2 Å². The van der Waals surface area contributed by atoms with Gasteiger partial charge in [0.15, 0.2) is 0 Å². The number of carbonyl (C=O) groups excluding carboxylic acids is 1. The fourth-order valence-corrected chi connectivity index (χ4v) is 2.36. The number of aryl methyl sites for hydroxylation is 1. The smallest absolute Gasteiger partial charge is 0.274 e. The van der Waals surface area contributed by atoms with Gasteiger partial charge in [0, 0.05) is 5.69 Å². The highest BCUT2D eigenvalue weighted by Crippen LogP contribution is 2.23. The van der Waals surface area contributed by atoms with E-state index in [1.54, 1.807) is 37.3 Å². The summed E-state index contributed by atoms with van der Waals surface area (Å²) in [6.45, 7) is 1.74. The summed E-state index contributed by atoms with van der Waals surface area (Å²) in [5.74, 6) is -0.819. The molecular weight excluding hydrogens is 343 g/mol. The highest BCUT2D eigenvalue weighted by Gasteiger charge is 2.13. The molecule has 5 nitrogen and oxygen atoms in total. The van der Waals surface area contributed by atoms with Crippen LogP contribution in [0.5, 0.6) is 0 Å². The maximum absolute atomic E-state index is 13.7. The Kier molecular flexibility index (Phi) is 4.90. The van der Waals surface area contributed by atoms with E-state index >= 15 is 0 Å². The number of para-hydroxylation sites is 2. The topological polar surface area (TPSA) is 66.9 Å². The molecule has 3 aromatic rings. The molecule has 0 bridgehead atoms. The third-order valence-electron chi connectivity index (χ3n) is 3.33. The summed E-state index contributed by atoms with van der Waals surface area (Å²) >= 11 is 6.10. The minimum Gasteiger partial charge on any atom is -0.323 e. The summed E-state index contributed by atoms with van der Waals surface area (Å²) in [7, 11) is 0. The molecule has 0 spiro atoms. The normalized spacial score (nSPS) is 10.4. The van der Waals surface area contributed by atoms with Crippen LogP contribution >= 0.6 is 11.6 Å². The van der Waals surface area contributed by atoms with Crippen LogP contribution in [0.15, 0.2) is 54.6 Å². The second-order valence-corrected chi connectivity index (χ2v) is 5.66. The van der Waals surface area contributed by atoms with Gasteiger partial charge in [-0.05, 0) is 37.3 Å². The van der Waals surface area contributed by atoms with E-state index in [-0.39, 0.29) is 17.3 Å². The van der Waals surface area contributed by atoms with Crippen LogP contribution in [0.1, 0.15) is 16.2 Å². The summed E-state index contributed by atoms with van der Waals surface area (Å²) in [6.07, 6.45) is 0. The van der Waals surface area contributed by atoms with E-state index < -0.39 is 11.7 Å². The molecule has 0 aliphatic carbocycles. The average molecular weight is 357 g/mol. The lowest BCUT2D eigenvalue weighted by molar-refractivity contribution is 0.102. The van der Waals surface area contributed by atoms with Crippen LogP contribution in [0.4, 0.5) is 21.7 Å². The summed E-state index contributed by atoms with van der Waals surface area (Å²) in [5.41, 5.74) is 1.41. The van der Waals surface area contributed by atoms with Crippen LogP contribution in [0.3, 0.4) is 0 Å². The molecule has 2 aromatic carbocycles. The van der Waals surface area contributed by atoms with Gasteiger partial charge in [0.05, 0.1) is 16.4 Å². The molecule has 0 atom stereocenters. The van der Waals surface area contributed by atoms with Crippen LogP contribution < -0.4 is 10.6 Å². The third-order valence-corrected chi connectivity index (χ3v) is 3.66. The lowest BCUT2D eigenvalue weighted by atomic mass is 10.2. The Labute approximate surface area is 148 Å². The second kappa shape index (κ2) is 7.27. The van der Waals surface area contributed by atoms with E-state index in [4.69, 9.17) is 11.6 Å². The van der Waals surface area contributed by atoms with Gasteiger partial charge in [0.25, 0.3) is 5.91 Å². The minimum atomic E-state index is -0.530. The van der Waals surface area contributed by atoms with Crippen molar-refractivity contribution in [1.82, 2.24) is 9.97 Å². The largest absolute Gasteiger partial charge is 0.323 e. The molecule has 126 valence electrons. The predicted molar refractivity (Wildman–Crippen MR) is 95.9 cm³/mol. The number of hydrogen-bond donors (Lipinski definition) is 2. The Morgan fingerprint density at radius 3 is 2.44 bits per heavy atom. The number of hydrogen-bond acceptors (Lipinski definition) is 4. The van der Waals surface area contributed by atoms with Gasteiger partial charge in [-0.25, -0.2) is 14.4 Å². The molecule has 3 rings (SSSR count). The molecule has 1 heterocycles. The standard InChI is InChI=1S/C18H14ClFN4O/c1-11-10-16(17(25)22-15-9-5-3-7-13(15)20)24-18(21-11)23-14-8-4-2-6-12(14)19/h2-10H,1H3,(H,22,25)(H,21,23,24). The van der Waals surface area contributed by atoms with E-state index in [2.05, 4.69) is 20.6 Å². The van der Waals surface area contributed by atoms with Gasteiger partial charge in [0.2, 0.25) is 5.95 Å². The molecule has 25 heavy (non-hydrogen) atoms. The maximum Gasteiger partial charge on any atom is 0.274 e. The van der Waals surface area contributed by atoms with Crippen molar-refractivity contribution in [3.8, 4) is 0 Å². The number of rotatable bonds is 4. The number of halogens is 2. The summed E-state index contributed by atoms with van der Waals surface area (Å²) < 4.78 is 13.7. The summed E-state index contributed by atoms with van der Waals surface area (Å²) in [5, 5.41) is 5.98. The van der Waals surface area contributed by atoms with Crippen molar-refractivity contribution in [3.05, 3.63) is 76.8 Å². The Hall–Kier alpha value is -2.99. The Balaban J connectivity index is 1.85. The lowest BCUT2D eigenvalue weighted by Gasteiger charge is -2.10. The van der Waals surface area contributed by atoms with Crippen LogP contribution in [0.2, 0.25) is 5.02 Å². The Morgan fingerprint density at radius 1 is 1.04 bits per heavy atom. The number of benzene rings is 2. The van der Waals surface area contributed by atoms with Gasteiger partial charge in [-0.3, -0.25) is 4.79 Å². The number of nitrogens with one attached hydrogen (secondary N) is 2. The molecule has 1 amide bonds. The van der Waals surface area contributed by atoms with Gasteiger partial charge in [0.1, 0.15) is 11.5 Å². The first-order valence-corrected chi connectivity index (χ1v) is 7.84. The fourth-order valence-electron chi connectivity index (χ4n) is 2.17. The maximum atomic E-state index is 13.7. The second-order valence-electron chi connectivity index (χ2n) is 5.26. The van der Waals surface area contributed by atoms with Crippen LogP contribution in [0.25, 0.3) is 0 Å². The van der Waals surface area contributed by atoms with Gasteiger partial charge in [-0.2, -0.15) is 0 Å². The molecule has 0 saturated heterocycles. The first kappa shape index (κ1) is 16.9. The summed E-state index contributed by atoms with van der Waals surface area (Å²) in [4.78, 5) is 20.8. The Morgan fingerprint density at radius 2 is 1.72 bits per heavy atom. The molecule has 1 aromatic heterocycles. The van der Waals surface area contributed by atoms with Crippen molar-refractivity contribution in [2.24, 2.45) is 0 Å². The van der Waals surface area contributed by atoms with Crippen molar-refractivity contribution in [2.45, 2.75) is 6.92 Å².